The van der Waals surface area contributed by atoms with Gasteiger partial charge in [-0.15, -0.1) is 0 Å². The zero-order chi connectivity index (χ0) is 12.5. The lowest BCUT2D eigenvalue weighted by molar-refractivity contribution is -0.124. The van der Waals surface area contributed by atoms with Crippen LogP contribution in [0, 0.1) is 5.92 Å². The number of methoxy groups -OCH3 is 1. The lowest BCUT2D eigenvalue weighted by atomic mass is 9.92. The summed E-state index contributed by atoms with van der Waals surface area (Å²) in [5, 5.41) is 0. The maximum atomic E-state index is 11.6. The quantitative estimate of drug-likeness (QED) is 0.611. The molecule has 5 nitrogen and oxygen atoms in total. The molecular weight excluding hydrogens is 218 g/mol. The molecule has 0 heterocycles. The third-order valence-corrected chi connectivity index (χ3v) is 3.88. The summed E-state index contributed by atoms with van der Waals surface area (Å²) >= 11 is 0. The minimum atomic E-state index is -0.837. The molecular formula is C12H23N3O2. The highest BCUT2D eigenvalue weighted by molar-refractivity contribution is 5.85. The van der Waals surface area contributed by atoms with Crippen molar-refractivity contribution < 1.29 is 9.53 Å². The first-order valence-corrected chi connectivity index (χ1v) is 6.39. The van der Waals surface area contributed by atoms with Crippen molar-refractivity contribution in [3.8, 4) is 0 Å². The highest BCUT2D eigenvalue weighted by atomic mass is 16.5. The smallest absolute Gasteiger partial charge is 0.239 e. The van der Waals surface area contributed by atoms with Gasteiger partial charge in [0.1, 0.15) is 5.54 Å². The second-order valence-corrected chi connectivity index (χ2v) is 5.37. The van der Waals surface area contributed by atoms with Crippen LogP contribution in [0.15, 0.2) is 0 Å². The summed E-state index contributed by atoms with van der Waals surface area (Å²) in [6.07, 6.45) is 4.46. The van der Waals surface area contributed by atoms with Gasteiger partial charge in [-0.2, -0.15) is 0 Å². The summed E-state index contributed by atoms with van der Waals surface area (Å²) in [4.78, 5) is 13.9. The van der Waals surface area contributed by atoms with Crippen molar-refractivity contribution in [2.75, 3.05) is 26.8 Å². The molecule has 5 heteroatoms. The Labute approximate surface area is 102 Å². The highest BCUT2D eigenvalue weighted by Gasteiger charge is 2.49. The van der Waals surface area contributed by atoms with Crippen LogP contribution in [0.25, 0.3) is 0 Å². The van der Waals surface area contributed by atoms with Crippen LogP contribution in [0.2, 0.25) is 0 Å². The fourth-order valence-corrected chi connectivity index (χ4v) is 2.38. The number of nitrogens with zero attached hydrogens (tertiary/aromatic N) is 1. The van der Waals surface area contributed by atoms with Crippen molar-refractivity contribution in [1.82, 2.24) is 4.90 Å². The fraction of sp³-hybridized carbons (Fsp3) is 0.917. The Morgan fingerprint density at radius 3 is 2.47 bits per heavy atom. The van der Waals surface area contributed by atoms with Crippen molar-refractivity contribution in [2.45, 2.75) is 37.3 Å². The molecule has 0 spiro atoms. The minimum absolute atomic E-state index is 0.281. The summed E-state index contributed by atoms with van der Waals surface area (Å²) in [7, 11) is 1.69. The molecule has 0 saturated heterocycles. The normalized spacial score (nSPS) is 23.7. The molecule has 0 aromatic rings. The number of hydrogen-bond acceptors (Lipinski definition) is 4. The van der Waals surface area contributed by atoms with Crippen LogP contribution in [-0.2, 0) is 9.53 Å². The maximum absolute atomic E-state index is 11.6. The molecule has 0 aromatic carbocycles. The number of carbonyl (C=O) groups excluding carboxylic acids is 1. The molecule has 0 bridgehead atoms. The van der Waals surface area contributed by atoms with Gasteiger partial charge in [-0.05, 0) is 31.6 Å². The van der Waals surface area contributed by atoms with Gasteiger partial charge in [0.05, 0.1) is 6.61 Å². The average Bonchev–Trinajstić information content (AvgIpc) is 3.16. The molecule has 0 aliphatic heterocycles. The van der Waals surface area contributed by atoms with Crippen molar-refractivity contribution in [3.05, 3.63) is 0 Å². The second-order valence-electron chi connectivity index (χ2n) is 5.37. The predicted octanol–water partition coefficient (Wildman–Crippen LogP) is -0.310. The molecule has 98 valence electrons. The van der Waals surface area contributed by atoms with E-state index in [1.165, 1.54) is 12.8 Å². The molecule has 2 aliphatic rings. The standard InChI is InChI=1S/C12H23N3O2/c1-17-7-6-15(10-4-5-10)8-12(14,11(13)16)9-2-3-9/h9-10H,2-8,14H2,1H3,(H2,13,16). The van der Waals surface area contributed by atoms with Crippen LogP contribution in [0.5, 0.6) is 0 Å². The van der Waals surface area contributed by atoms with Crippen LogP contribution in [0.1, 0.15) is 25.7 Å². The zero-order valence-corrected chi connectivity index (χ0v) is 10.5. The summed E-state index contributed by atoms with van der Waals surface area (Å²) < 4.78 is 5.10. The first kappa shape index (κ1) is 12.8. The van der Waals surface area contributed by atoms with Gasteiger partial charge in [0.25, 0.3) is 0 Å². The van der Waals surface area contributed by atoms with E-state index in [9.17, 15) is 4.79 Å². The molecule has 2 fully saturated rings. The SMILES string of the molecule is COCCN(CC(N)(C(N)=O)C1CC1)C1CC1. The van der Waals surface area contributed by atoms with E-state index in [0.717, 1.165) is 19.4 Å². The van der Waals surface area contributed by atoms with Gasteiger partial charge >= 0.3 is 0 Å². The number of carbonyl (C=O) groups is 1. The van der Waals surface area contributed by atoms with Crippen LogP contribution < -0.4 is 11.5 Å². The Morgan fingerprint density at radius 1 is 1.41 bits per heavy atom. The van der Waals surface area contributed by atoms with Crippen molar-refractivity contribution >= 4 is 5.91 Å². The number of rotatable bonds is 8. The molecule has 1 amide bonds. The first-order valence-electron chi connectivity index (χ1n) is 6.39. The molecule has 2 rings (SSSR count). The van der Waals surface area contributed by atoms with Gasteiger partial charge < -0.3 is 16.2 Å². The topological polar surface area (TPSA) is 81.6 Å². The van der Waals surface area contributed by atoms with Crippen LogP contribution in [-0.4, -0.2) is 49.2 Å². The zero-order valence-electron chi connectivity index (χ0n) is 10.5. The van der Waals surface area contributed by atoms with Crippen molar-refractivity contribution in [2.24, 2.45) is 17.4 Å². The lowest BCUT2D eigenvalue weighted by Crippen LogP contribution is -2.61. The van der Waals surface area contributed by atoms with E-state index >= 15 is 0 Å². The molecule has 4 N–H and O–H groups in total. The molecule has 0 aromatic heterocycles. The van der Waals surface area contributed by atoms with Gasteiger partial charge in [0.2, 0.25) is 5.91 Å². The van der Waals surface area contributed by atoms with E-state index in [0.29, 0.717) is 19.2 Å². The van der Waals surface area contributed by atoms with E-state index in [-0.39, 0.29) is 11.8 Å². The lowest BCUT2D eigenvalue weighted by Gasteiger charge is -2.33. The van der Waals surface area contributed by atoms with Gasteiger partial charge in [-0.3, -0.25) is 9.69 Å². The minimum Gasteiger partial charge on any atom is -0.383 e. The highest BCUT2D eigenvalue weighted by Crippen LogP contribution is 2.40. The van der Waals surface area contributed by atoms with Crippen molar-refractivity contribution in [1.29, 1.82) is 0 Å². The average molecular weight is 241 g/mol. The maximum Gasteiger partial charge on any atom is 0.239 e. The van der Waals surface area contributed by atoms with E-state index in [2.05, 4.69) is 4.90 Å². The number of hydrogen-bond donors (Lipinski definition) is 2. The molecule has 1 atom stereocenters. The van der Waals surface area contributed by atoms with E-state index in [1.54, 1.807) is 7.11 Å². The number of ether oxygens (including phenoxy) is 1. The monoisotopic (exact) mass is 241 g/mol. The second kappa shape index (κ2) is 4.92. The van der Waals surface area contributed by atoms with Gasteiger partial charge in [0, 0.05) is 26.2 Å². The Kier molecular flexibility index (Phi) is 3.70. The van der Waals surface area contributed by atoms with E-state index in [4.69, 9.17) is 16.2 Å². The summed E-state index contributed by atoms with van der Waals surface area (Å²) in [6.45, 7) is 2.09. The third-order valence-electron chi connectivity index (χ3n) is 3.88. The molecule has 1 unspecified atom stereocenters. The van der Waals surface area contributed by atoms with Gasteiger partial charge in [-0.25, -0.2) is 0 Å². The third kappa shape index (κ3) is 2.97. The van der Waals surface area contributed by atoms with Gasteiger partial charge in [-0.1, -0.05) is 0 Å². The summed E-state index contributed by atoms with van der Waals surface area (Å²) in [6, 6.07) is 0.575. The number of nitrogens with two attached hydrogens (primary N) is 2. The van der Waals surface area contributed by atoms with E-state index in [1.807, 2.05) is 0 Å². The van der Waals surface area contributed by atoms with Crippen LogP contribution in [0.4, 0.5) is 0 Å². The number of amides is 1. The molecule has 2 aliphatic carbocycles. The molecule has 2 saturated carbocycles. The summed E-state index contributed by atoms with van der Waals surface area (Å²) in [5.74, 6) is -0.0770. The van der Waals surface area contributed by atoms with Crippen LogP contribution >= 0.6 is 0 Å². The molecule has 0 radical (unpaired) electrons. The van der Waals surface area contributed by atoms with Gasteiger partial charge in [0.15, 0.2) is 0 Å². The Hall–Kier alpha value is -0.650. The Bertz CT molecular complexity index is 289. The summed E-state index contributed by atoms with van der Waals surface area (Å²) in [5.41, 5.74) is 10.9. The first-order chi connectivity index (χ1) is 8.08. The Morgan fingerprint density at radius 2 is 2.06 bits per heavy atom. The fourth-order valence-electron chi connectivity index (χ4n) is 2.38. The van der Waals surface area contributed by atoms with Crippen LogP contribution in [0.3, 0.4) is 0 Å². The Balaban J connectivity index is 1.96. The predicted molar refractivity (Wildman–Crippen MR) is 65.3 cm³/mol. The van der Waals surface area contributed by atoms with E-state index < -0.39 is 5.54 Å². The van der Waals surface area contributed by atoms with Crippen molar-refractivity contribution in [3.63, 3.8) is 0 Å². The molecule has 17 heavy (non-hydrogen) atoms. The largest absolute Gasteiger partial charge is 0.383 e. The number of primary amides is 1.